The summed E-state index contributed by atoms with van der Waals surface area (Å²) in [6.45, 7) is 3.54. The van der Waals surface area contributed by atoms with E-state index in [-0.39, 0.29) is 18.2 Å². The van der Waals surface area contributed by atoms with Crippen molar-refractivity contribution in [1.82, 2.24) is 10.6 Å². The Morgan fingerprint density at radius 3 is 2.65 bits per heavy atom. The summed E-state index contributed by atoms with van der Waals surface area (Å²) >= 11 is 0. The second-order valence-electron chi connectivity index (χ2n) is 4.93. The molecule has 2 amide bonds. The first-order valence-corrected chi connectivity index (χ1v) is 5.63. The molecule has 0 spiro atoms. The van der Waals surface area contributed by atoms with E-state index in [2.05, 4.69) is 10.6 Å². The highest BCUT2D eigenvalue weighted by molar-refractivity contribution is 5.91. The Hall–Kier alpha value is -1.59. The third-order valence-corrected chi connectivity index (χ3v) is 2.74. The van der Waals surface area contributed by atoms with Crippen LogP contribution in [0.1, 0.15) is 39.5 Å². The Morgan fingerprint density at radius 1 is 1.53 bits per heavy atom. The van der Waals surface area contributed by atoms with Gasteiger partial charge in [-0.3, -0.25) is 14.4 Å². The van der Waals surface area contributed by atoms with E-state index >= 15 is 0 Å². The van der Waals surface area contributed by atoms with Crippen molar-refractivity contribution in [2.24, 2.45) is 0 Å². The molecule has 1 atom stereocenters. The first-order chi connectivity index (χ1) is 7.80. The predicted molar refractivity (Wildman–Crippen MR) is 60.3 cm³/mol. The number of carboxylic acid groups (broad SMARTS) is 1. The standard InChI is InChI=1S/C11H18N2O4/c1-11(2,6-5-9(15)16)13-10(17)7-3-4-8(14)12-7/h7H,3-6H2,1-2H3,(H,12,14)(H,13,17)(H,15,16)/t7-/m1/s1. The first-order valence-electron chi connectivity index (χ1n) is 5.63. The molecule has 1 heterocycles. The first kappa shape index (κ1) is 13.5. The van der Waals surface area contributed by atoms with Gasteiger partial charge in [0.1, 0.15) is 6.04 Å². The molecule has 0 aromatic heterocycles. The highest BCUT2D eigenvalue weighted by Crippen LogP contribution is 2.13. The zero-order valence-electron chi connectivity index (χ0n) is 10.1. The van der Waals surface area contributed by atoms with Crippen molar-refractivity contribution in [1.29, 1.82) is 0 Å². The monoisotopic (exact) mass is 242 g/mol. The third kappa shape index (κ3) is 4.42. The molecule has 17 heavy (non-hydrogen) atoms. The highest BCUT2D eigenvalue weighted by atomic mass is 16.4. The summed E-state index contributed by atoms with van der Waals surface area (Å²) in [4.78, 5) is 33.2. The average Bonchev–Trinajstić information content (AvgIpc) is 2.61. The van der Waals surface area contributed by atoms with Crippen molar-refractivity contribution in [3.63, 3.8) is 0 Å². The van der Waals surface area contributed by atoms with Crippen molar-refractivity contribution in [2.75, 3.05) is 0 Å². The number of aliphatic carboxylic acids is 1. The molecule has 1 aliphatic heterocycles. The molecule has 3 N–H and O–H groups in total. The van der Waals surface area contributed by atoms with E-state index in [0.717, 1.165) is 0 Å². The lowest BCUT2D eigenvalue weighted by Crippen LogP contribution is -2.50. The Balaban J connectivity index is 2.43. The molecule has 6 heteroatoms. The predicted octanol–water partition coefficient (Wildman–Crippen LogP) is 0.0246. The van der Waals surface area contributed by atoms with E-state index in [1.165, 1.54) is 0 Å². The van der Waals surface area contributed by atoms with Crippen LogP contribution in [0.15, 0.2) is 0 Å². The molecule has 1 rings (SSSR count). The maximum atomic E-state index is 11.8. The molecule has 0 bridgehead atoms. The van der Waals surface area contributed by atoms with Crippen LogP contribution in [0, 0.1) is 0 Å². The normalized spacial score (nSPS) is 19.9. The molecule has 6 nitrogen and oxygen atoms in total. The highest BCUT2D eigenvalue weighted by Gasteiger charge is 2.30. The number of amides is 2. The number of carbonyl (C=O) groups excluding carboxylic acids is 2. The van der Waals surface area contributed by atoms with Crippen LogP contribution in [0.4, 0.5) is 0 Å². The van der Waals surface area contributed by atoms with Gasteiger partial charge < -0.3 is 15.7 Å². The van der Waals surface area contributed by atoms with Gasteiger partial charge in [0.25, 0.3) is 0 Å². The zero-order valence-corrected chi connectivity index (χ0v) is 10.1. The van der Waals surface area contributed by atoms with Crippen LogP contribution in [-0.2, 0) is 14.4 Å². The molecular weight excluding hydrogens is 224 g/mol. The van der Waals surface area contributed by atoms with Gasteiger partial charge in [-0.1, -0.05) is 0 Å². The summed E-state index contributed by atoms with van der Waals surface area (Å²) in [6, 6.07) is -0.480. The lowest BCUT2D eigenvalue weighted by molar-refractivity contribution is -0.138. The summed E-state index contributed by atoms with van der Waals surface area (Å²) in [5, 5.41) is 13.9. The fraction of sp³-hybridized carbons (Fsp3) is 0.727. The molecular formula is C11H18N2O4. The van der Waals surface area contributed by atoms with Gasteiger partial charge >= 0.3 is 5.97 Å². The Labute approximate surface area is 99.8 Å². The molecule has 1 saturated heterocycles. The van der Waals surface area contributed by atoms with Gasteiger partial charge in [0.15, 0.2) is 0 Å². The lowest BCUT2D eigenvalue weighted by atomic mass is 9.97. The number of hydrogen-bond donors (Lipinski definition) is 3. The SMILES string of the molecule is CC(C)(CCC(=O)O)NC(=O)[C@H]1CCC(=O)N1. The van der Waals surface area contributed by atoms with Gasteiger partial charge in [0.2, 0.25) is 11.8 Å². The van der Waals surface area contributed by atoms with Crippen LogP contribution in [-0.4, -0.2) is 34.5 Å². The molecule has 96 valence electrons. The van der Waals surface area contributed by atoms with Crippen molar-refractivity contribution in [3.05, 3.63) is 0 Å². The minimum absolute atomic E-state index is 0.00427. The summed E-state index contributed by atoms with van der Waals surface area (Å²) in [5.74, 6) is -1.25. The second kappa shape index (κ2) is 5.16. The number of rotatable bonds is 5. The lowest BCUT2D eigenvalue weighted by Gasteiger charge is -2.27. The maximum Gasteiger partial charge on any atom is 0.303 e. The zero-order chi connectivity index (χ0) is 13.1. The summed E-state index contributed by atoms with van der Waals surface area (Å²) < 4.78 is 0. The largest absolute Gasteiger partial charge is 0.481 e. The van der Waals surface area contributed by atoms with Gasteiger partial charge in [-0.25, -0.2) is 0 Å². The van der Waals surface area contributed by atoms with Crippen LogP contribution in [0.25, 0.3) is 0 Å². The van der Waals surface area contributed by atoms with Crippen LogP contribution < -0.4 is 10.6 Å². The van der Waals surface area contributed by atoms with Gasteiger partial charge in [-0.15, -0.1) is 0 Å². The Morgan fingerprint density at radius 2 is 2.18 bits per heavy atom. The molecule has 0 aromatic rings. The Bertz CT molecular complexity index is 338. The van der Waals surface area contributed by atoms with E-state index in [9.17, 15) is 14.4 Å². The van der Waals surface area contributed by atoms with Gasteiger partial charge in [-0.05, 0) is 26.7 Å². The fourth-order valence-electron chi connectivity index (χ4n) is 1.71. The molecule has 0 aromatic carbocycles. The van der Waals surface area contributed by atoms with E-state index < -0.39 is 17.6 Å². The number of carboxylic acids is 1. The number of nitrogens with one attached hydrogen (secondary N) is 2. The summed E-state index contributed by atoms with van der Waals surface area (Å²) in [5.41, 5.74) is -0.581. The van der Waals surface area contributed by atoms with Crippen LogP contribution >= 0.6 is 0 Å². The van der Waals surface area contributed by atoms with E-state index in [4.69, 9.17) is 5.11 Å². The maximum absolute atomic E-state index is 11.8. The molecule has 0 unspecified atom stereocenters. The fourth-order valence-corrected chi connectivity index (χ4v) is 1.71. The van der Waals surface area contributed by atoms with Crippen LogP contribution in [0.5, 0.6) is 0 Å². The molecule has 0 aliphatic carbocycles. The van der Waals surface area contributed by atoms with Crippen molar-refractivity contribution in [3.8, 4) is 0 Å². The van der Waals surface area contributed by atoms with E-state index in [0.29, 0.717) is 19.3 Å². The number of hydrogen-bond acceptors (Lipinski definition) is 3. The average molecular weight is 242 g/mol. The van der Waals surface area contributed by atoms with Crippen molar-refractivity contribution in [2.45, 2.75) is 51.1 Å². The van der Waals surface area contributed by atoms with Crippen LogP contribution in [0.2, 0.25) is 0 Å². The van der Waals surface area contributed by atoms with E-state index in [1.54, 1.807) is 13.8 Å². The number of carbonyl (C=O) groups is 3. The molecule has 0 saturated carbocycles. The van der Waals surface area contributed by atoms with Crippen molar-refractivity contribution >= 4 is 17.8 Å². The summed E-state index contributed by atoms with van der Waals surface area (Å²) in [7, 11) is 0. The quantitative estimate of drug-likeness (QED) is 0.633. The van der Waals surface area contributed by atoms with Crippen LogP contribution in [0.3, 0.4) is 0 Å². The molecule has 0 radical (unpaired) electrons. The summed E-state index contributed by atoms with van der Waals surface area (Å²) in [6.07, 6.45) is 1.23. The minimum Gasteiger partial charge on any atom is -0.481 e. The minimum atomic E-state index is -0.888. The van der Waals surface area contributed by atoms with Crippen molar-refractivity contribution < 1.29 is 19.5 Å². The Kier molecular flexibility index (Phi) is 4.09. The van der Waals surface area contributed by atoms with E-state index in [1.807, 2.05) is 0 Å². The smallest absolute Gasteiger partial charge is 0.303 e. The van der Waals surface area contributed by atoms with Gasteiger partial charge in [-0.2, -0.15) is 0 Å². The van der Waals surface area contributed by atoms with Gasteiger partial charge in [0.05, 0.1) is 0 Å². The third-order valence-electron chi connectivity index (χ3n) is 2.74. The molecule has 1 aliphatic rings. The topological polar surface area (TPSA) is 95.5 Å². The molecule has 1 fully saturated rings. The van der Waals surface area contributed by atoms with Gasteiger partial charge in [0, 0.05) is 18.4 Å². The second-order valence-corrected chi connectivity index (χ2v) is 4.93.